The monoisotopic (exact) mass is 835 g/mol. The predicted molar refractivity (Wildman–Crippen MR) is 220 cm³/mol. The number of sulfonamides is 1. The van der Waals surface area contributed by atoms with Crippen molar-refractivity contribution in [3.05, 3.63) is 104 Å². The molecule has 1 amide bonds. The van der Waals surface area contributed by atoms with Gasteiger partial charge in [0.15, 0.2) is 0 Å². The number of anilines is 1. The lowest BCUT2D eigenvalue weighted by atomic mass is 9.87. The third kappa shape index (κ3) is 7.40. The molecule has 2 aliphatic rings. The lowest BCUT2D eigenvalue weighted by Gasteiger charge is -2.45. The lowest BCUT2D eigenvalue weighted by Crippen LogP contribution is -2.52. The van der Waals surface area contributed by atoms with Gasteiger partial charge in [0.1, 0.15) is 34.3 Å². The van der Waals surface area contributed by atoms with Crippen molar-refractivity contribution in [1.82, 2.24) is 34.1 Å². The zero-order chi connectivity index (χ0) is 40.7. The molecule has 5 aromatic heterocycles. The van der Waals surface area contributed by atoms with Gasteiger partial charge in [0, 0.05) is 77.9 Å². The number of aromatic nitrogens is 5. The Hall–Kier alpha value is -5.78. The summed E-state index contributed by atoms with van der Waals surface area (Å²) in [7, 11) is -2.29. The molecule has 0 unspecified atom stereocenters. The van der Waals surface area contributed by atoms with E-state index in [1.165, 1.54) is 46.6 Å². The van der Waals surface area contributed by atoms with Crippen molar-refractivity contribution >= 4 is 65.8 Å². The highest BCUT2D eigenvalue weighted by Gasteiger charge is 2.36. The molecule has 0 bridgehead atoms. The molecule has 58 heavy (non-hydrogen) atoms. The van der Waals surface area contributed by atoms with Crippen LogP contribution >= 0.6 is 22.9 Å². The summed E-state index contributed by atoms with van der Waals surface area (Å²) in [5, 5.41) is 12.5. The highest BCUT2D eigenvalue weighted by Crippen LogP contribution is 2.37. The van der Waals surface area contributed by atoms with E-state index < -0.39 is 27.7 Å². The van der Waals surface area contributed by atoms with E-state index >= 15 is 0 Å². The van der Waals surface area contributed by atoms with Gasteiger partial charge >= 0.3 is 0 Å². The van der Waals surface area contributed by atoms with E-state index in [0.717, 1.165) is 32.1 Å². The number of rotatable bonds is 8. The largest absolute Gasteiger partial charge is 0.355 e. The molecule has 17 heteroatoms. The van der Waals surface area contributed by atoms with Crippen LogP contribution in [0, 0.1) is 30.1 Å². The second-order valence-electron chi connectivity index (χ2n) is 14.3. The van der Waals surface area contributed by atoms with E-state index in [0.29, 0.717) is 68.0 Å². The fourth-order valence-electron chi connectivity index (χ4n) is 7.61. The molecular weight excluding hydrogens is 801 g/mol. The first-order valence-corrected chi connectivity index (χ1v) is 21.2. The Morgan fingerprint density at radius 3 is 2.64 bits per heavy atom. The topological polar surface area (TPSA) is 167 Å². The van der Waals surface area contributed by atoms with Crippen LogP contribution in [0.25, 0.3) is 32.2 Å². The Balaban J connectivity index is 1.07. The van der Waals surface area contributed by atoms with Crippen LogP contribution in [0.5, 0.6) is 0 Å². The van der Waals surface area contributed by atoms with Gasteiger partial charge in [0.05, 0.1) is 39.4 Å². The molecular formula is C41H35ClFN9O4S2. The molecule has 2 fully saturated rings. The van der Waals surface area contributed by atoms with Gasteiger partial charge in [-0.25, -0.2) is 27.5 Å². The number of nitrogens with one attached hydrogen (secondary N) is 1. The number of halogens is 2. The maximum Gasteiger partial charge on any atom is 0.268 e. The van der Waals surface area contributed by atoms with E-state index in [1.54, 1.807) is 36.6 Å². The van der Waals surface area contributed by atoms with Gasteiger partial charge in [-0.05, 0) is 69.0 Å². The number of carbonyl (C=O) groups excluding carboxylic acids is 1. The second-order valence-corrected chi connectivity index (χ2v) is 17.3. The molecule has 0 atom stereocenters. The number of thiophene rings is 1. The van der Waals surface area contributed by atoms with E-state index in [4.69, 9.17) is 11.6 Å². The summed E-state index contributed by atoms with van der Waals surface area (Å²) < 4.78 is 43.3. The van der Waals surface area contributed by atoms with Crippen molar-refractivity contribution in [2.45, 2.75) is 62.3 Å². The number of amides is 1. The fourth-order valence-corrected chi connectivity index (χ4v) is 9.74. The van der Waals surface area contributed by atoms with Gasteiger partial charge in [0.2, 0.25) is 0 Å². The Labute approximate surface area is 342 Å². The smallest absolute Gasteiger partial charge is 0.268 e. The molecule has 1 N–H and O–H groups in total. The van der Waals surface area contributed by atoms with Crippen LogP contribution in [0.3, 0.4) is 0 Å². The number of benzene rings is 1. The maximum atomic E-state index is 14.1. The van der Waals surface area contributed by atoms with Crippen molar-refractivity contribution in [1.29, 1.82) is 5.26 Å². The number of carbonyl (C=O) groups is 1. The van der Waals surface area contributed by atoms with Gasteiger partial charge in [-0.1, -0.05) is 23.4 Å². The third-order valence-electron chi connectivity index (χ3n) is 10.8. The number of fused-ring (bicyclic) bond motifs is 2. The zero-order valence-corrected chi connectivity index (χ0v) is 33.7. The minimum Gasteiger partial charge on any atom is -0.355 e. The summed E-state index contributed by atoms with van der Waals surface area (Å²) in [6.45, 7) is 3.33. The van der Waals surface area contributed by atoms with E-state index in [1.807, 2.05) is 11.9 Å². The highest BCUT2D eigenvalue weighted by atomic mass is 35.5. The van der Waals surface area contributed by atoms with Crippen molar-refractivity contribution in [2.24, 2.45) is 0 Å². The van der Waals surface area contributed by atoms with Crippen LogP contribution in [0.1, 0.15) is 53.0 Å². The fraction of sp³-hybridized carbons (Fsp3) is 0.293. The van der Waals surface area contributed by atoms with Gasteiger partial charge < -0.3 is 9.80 Å². The minimum atomic E-state index is -4.18. The van der Waals surface area contributed by atoms with Gasteiger partial charge in [0.25, 0.3) is 21.5 Å². The number of aryl methyl sites for hydroxylation is 1. The van der Waals surface area contributed by atoms with Gasteiger partial charge in [-0.15, -0.1) is 11.3 Å². The SMILES string of the molecule is Cc1nc2cnc(N(C)C3CCN(C4CC(F)C4)CC3)c(C#N)c2c(=O)n1CC#Cc1ccc(Cl)cc1-c1ccnc2c(C(=O)NS(=O)(=O)c3cccnc3)csc12. The molecule has 0 radical (unpaired) electrons. The molecule has 0 spiro atoms. The van der Waals surface area contributed by atoms with Crippen LogP contribution in [-0.4, -0.2) is 82.1 Å². The zero-order valence-electron chi connectivity index (χ0n) is 31.3. The van der Waals surface area contributed by atoms with E-state index in [2.05, 4.69) is 47.5 Å². The Bertz CT molecular complexity index is 2870. The number of nitriles is 1. The summed E-state index contributed by atoms with van der Waals surface area (Å²) in [6.07, 6.45) is 7.77. The summed E-state index contributed by atoms with van der Waals surface area (Å²) in [4.78, 5) is 49.0. The Morgan fingerprint density at radius 1 is 1.12 bits per heavy atom. The number of pyridine rings is 3. The highest BCUT2D eigenvalue weighted by molar-refractivity contribution is 7.90. The number of likely N-dealkylation sites (tertiary alicyclic amines) is 1. The molecule has 6 aromatic rings. The first-order valence-electron chi connectivity index (χ1n) is 18.5. The molecule has 1 aliphatic heterocycles. The average molecular weight is 836 g/mol. The molecule has 8 rings (SSSR count). The molecule has 13 nitrogen and oxygen atoms in total. The van der Waals surface area contributed by atoms with E-state index in [9.17, 15) is 27.7 Å². The average Bonchev–Trinajstić information content (AvgIpc) is 3.66. The normalized spacial score (nSPS) is 17.3. The Kier molecular flexibility index (Phi) is 10.7. The van der Waals surface area contributed by atoms with Crippen LogP contribution in [0.15, 0.2) is 76.3 Å². The second kappa shape index (κ2) is 15.9. The maximum absolute atomic E-state index is 14.1. The van der Waals surface area contributed by atoms with Crippen molar-refractivity contribution < 1.29 is 17.6 Å². The summed E-state index contributed by atoms with van der Waals surface area (Å²) in [5.74, 6) is 6.25. The first-order chi connectivity index (χ1) is 27.9. The van der Waals surface area contributed by atoms with Crippen LogP contribution in [-0.2, 0) is 16.6 Å². The van der Waals surface area contributed by atoms with Gasteiger partial charge in [-0.3, -0.25) is 24.1 Å². The summed E-state index contributed by atoms with van der Waals surface area (Å²) >= 11 is 7.70. The number of hydrogen-bond acceptors (Lipinski definition) is 12. The number of piperidine rings is 1. The molecule has 1 aliphatic carbocycles. The minimum absolute atomic E-state index is 0.0338. The Morgan fingerprint density at radius 2 is 1.91 bits per heavy atom. The van der Waals surface area contributed by atoms with Crippen LogP contribution in [0.4, 0.5) is 10.2 Å². The lowest BCUT2D eigenvalue weighted by molar-refractivity contribution is 0.0382. The molecule has 1 saturated heterocycles. The first kappa shape index (κ1) is 39.1. The number of nitrogens with zero attached hydrogens (tertiary/aromatic N) is 8. The van der Waals surface area contributed by atoms with Crippen molar-refractivity contribution in [3.63, 3.8) is 0 Å². The van der Waals surface area contributed by atoms with Crippen LogP contribution < -0.4 is 15.2 Å². The van der Waals surface area contributed by atoms with E-state index in [-0.39, 0.29) is 34.0 Å². The van der Waals surface area contributed by atoms with Crippen LogP contribution in [0.2, 0.25) is 5.02 Å². The quantitative estimate of drug-likeness (QED) is 0.182. The number of hydrogen-bond donors (Lipinski definition) is 1. The summed E-state index contributed by atoms with van der Waals surface area (Å²) in [6, 6.07) is 12.4. The molecule has 1 aromatic carbocycles. The van der Waals surface area contributed by atoms with Gasteiger partial charge in [-0.2, -0.15) is 5.26 Å². The predicted octanol–water partition coefficient (Wildman–Crippen LogP) is 5.87. The third-order valence-corrected chi connectivity index (χ3v) is 13.4. The summed E-state index contributed by atoms with van der Waals surface area (Å²) in [5.41, 5.74) is 2.33. The number of alkyl halides is 1. The van der Waals surface area contributed by atoms with Crippen molar-refractivity contribution in [3.8, 4) is 29.0 Å². The molecule has 6 heterocycles. The van der Waals surface area contributed by atoms with Crippen molar-refractivity contribution in [2.75, 3.05) is 25.0 Å². The standard InChI is InChI=1S/C41H35ClFN9O4S2/c1-24-48-35-22-47-39(50(2)28-10-15-51(16-11-28)29-18-27(43)19-29)33(20-44)36(35)41(54)52(24)14-4-5-25-7-8-26(42)17-32(25)31-9-13-46-37-34(23-57-38(31)37)40(53)49-58(55,56)30-6-3-12-45-21-30/h3,6-9,12-13,17,21-23,27-29H,10-11,14-16,18-19H2,1-2H3,(H,49,53). The molecule has 1 saturated carbocycles. The molecule has 294 valence electrons.